The Morgan fingerprint density at radius 2 is 0.901 bits per heavy atom. The van der Waals surface area contributed by atoms with Crippen LogP contribution in [0.1, 0.15) is 19.8 Å². The molecule has 0 N–H and O–H groups in total. The molecule has 1 aliphatic carbocycles. The lowest BCUT2D eigenvalue weighted by molar-refractivity contribution is 0.630. The Hall–Kier alpha value is -8.45. The highest BCUT2D eigenvalue weighted by atomic mass is 32.3. The van der Waals surface area contributed by atoms with E-state index in [1.807, 2.05) is 0 Å². The molecule has 0 amide bonds. The SMILES string of the molecule is CC1CC=C2CC2N1c1ccc2c(c1)c1ccccc1n2-c1cc(-n2c3ccccc3c3cc(-c4ccccc4)ccc32)nc(-c2cccc(S(c3ccccc3)(c3ccccc3)c3ccccc3)c2)n1. The lowest BCUT2D eigenvalue weighted by atomic mass is 10.0. The fourth-order valence-electron chi connectivity index (χ4n) is 11.5. The third-order valence-corrected chi connectivity index (χ3v) is 18.8. The van der Waals surface area contributed by atoms with E-state index in [2.05, 4.69) is 264 Å². The lowest BCUT2D eigenvalue weighted by Gasteiger charge is -2.42. The zero-order chi connectivity index (χ0) is 47.0. The molecule has 1 fully saturated rings. The summed E-state index contributed by atoms with van der Waals surface area (Å²) in [5.41, 5.74) is 10.6. The Labute approximate surface area is 415 Å². The third-order valence-electron chi connectivity index (χ3n) is 14.9. The Balaban J connectivity index is 1.03. The normalized spacial score (nSPS) is 15.8. The molecule has 0 bridgehead atoms. The van der Waals surface area contributed by atoms with E-state index in [9.17, 15) is 0 Å². The molecular weight excluding hydrogens is 883 g/mol. The Kier molecular flexibility index (Phi) is 9.71. The predicted octanol–water partition coefficient (Wildman–Crippen LogP) is 16.6. The van der Waals surface area contributed by atoms with Gasteiger partial charge in [-0.15, -0.1) is 10.0 Å². The van der Waals surface area contributed by atoms with Crippen LogP contribution < -0.4 is 4.90 Å². The maximum Gasteiger partial charge on any atom is 0.163 e. The average Bonchev–Trinajstić information content (AvgIpc) is 4.05. The largest absolute Gasteiger partial charge is 0.361 e. The van der Waals surface area contributed by atoms with Crippen molar-refractivity contribution in [3.05, 3.63) is 248 Å². The number of hydrogen-bond donors (Lipinski definition) is 0. The number of nitrogens with zero attached hydrogens (tertiary/aromatic N) is 5. The first-order chi connectivity index (χ1) is 35.1. The van der Waals surface area contributed by atoms with Crippen molar-refractivity contribution in [2.24, 2.45) is 0 Å². The van der Waals surface area contributed by atoms with Crippen LogP contribution in [0.25, 0.3) is 77.8 Å². The van der Waals surface area contributed by atoms with Crippen LogP contribution in [0.4, 0.5) is 5.69 Å². The van der Waals surface area contributed by atoms with Crippen molar-refractivity contribution in [1.82, 2.24) is 19.1 Å². The molecule has 1 aliphatic heterocycles. The quantitative estimate of drug-likeness (QED) is 0.135. The number of anilines is 1. The minimum Gasteiger partial charge on any atom is -0.361 e. The minimum absolute atomic E-state index is 0.445. The first-order valence-electron chi connectivity index (χ1n) is 24.7. The molecule has 340 valence electrons. The van der Waals surface area contributed by atoms with Gasteiger partial charge in [-0.05, 0) is 127 Å². The topological polar surface area (TPSA) is 38.9 Å². The van der Waals surface area contributed by atoms with Crippen LogP contribution in [-0.4, -0.2) is 31.2 Å². The Morgan fingerprint density at radius 1 is 0.408 bits per heavy atom. The van der Waals surface area contributed by atoms with Crippen molar-refractivity contribution in [3.63, 3.8) is 0 Å². The number of benzene rings is 9. The van der Waals surface area contributed by atoms with E-state index < -0.39 is 10.0 Å². The van der Waals surface area contributed by atoms with E-state index in [0.717, 1.165) is 45.7 Å². The van der Waals surface area contributed by atoms with E-state index in [1.54, 1.807) is 5.57 Å². The highest BCUT2D eigenvalue weighted by molar-refractivity contribution is 8.34. The van der Waals surface area contributed by atoms with Crippen molar-refractivity contribution < 1.29 is 0 Å². The van der Waals surface area contributed by atoms with Crippen LogP contribution in [0.15, 0.2) is 268 Å². The molecule has 2 unspecified atom stereocenters. The van der Waals surface area contributed by atoms with E-state index in [4.69, 9.17) is 9.97 Å². The molecule has 2 atom stereocenters. The number of hydrogen-bond acceptors (Lipinski definition) is 3. The van der Waals surface area contributed by atoms with E-state index in [0.29, 0.717) is 17.9 Å². The fourth-order valence-corrected chi connectivity index (χ4v) is 15.4. The van der Waals surface area contributed by atoms with Crippen molar-refractivity contribution in [1.29, 1.82) is 0 Å². The van der Waals surface area contributed by atoms with Crippen molar-refractivity contribution in [2.75, 3.05) is 4.90 Å². The molecular formula is C65H49N5S. The van der Waals surface area contributed by atoms with Gasteiger partial charge in [-0.2, -0.15) is 0 Å². The molecule has 5 nitrogen and oxygen atoms in total. The zero-order valence-corrected chi connectivity index (χ0v) is 40.1. The Bertz CT molecular complexity index is 3930. The van der Waals surface area contributed by atoms with Gasteiger partial charge in [0, 0.05) is 64.5 Å². The highest BCUT2D eigenvalue weighted by Gasteiger charge is 2.41. The van der Waals surface area contributed by atoms with Gasteiger partial charge in [-0.25, -0.2) is 9.97 Å². The van der Waals surface area contributed by atoms with E-state index >= 15 is 0 Å². The second-order valence-corrected chi connectivity index (χ2v) is 22.1. The van der Waals surface area contributed by atoms with Crippen molar-refractivity contribution in [3.8, 4) is 34.2 Å². The molecule has 71 heavy (non-hydrogen) atoms. The second-order valence-electron chi connectivity index (χ2n) is 19.0. The summed E-state index contributed by atoms with van der Waals surface area (Å²) in [5, 5.41) is 4.78. The molecule has 4 heterocycles. The molecule has 9 aromatic carbocycles. The van der Waals surface area contributed by atoms with Crippen molar-refractivity contribution in [2.45, 2.75) is 51.4 Å². The second kappa shape index (κ2) is 16.6. The van der Waals surface area contributed by atoms with E-state index in [1.165, 1.54) is 64.4 Å². The lowest BCUT2D eigenvalue weighted by Crippen LogP contribution is -2.36. The van der Waals surface area contributed by atoms with Crippen molar-refractivity contribution >= 4 is 59.3 Å². The van der Waals surface area contributed by atoms with Gasteiger partial charge in [-0.1, -0.05) is 146 Å². The standard InChI is InChI=1S/C65H49N5S/c1-44-33-34-47-41-62(47)68(44)49-36-38-61-57(42-49)55-30-15-17-32-59(55)70(61)64-43-63(69-58-31-16-14-29-54(58)56-40-46(35-37-60(56)69)45-19-6-2-7-20-45)66-65(67-64)48-21-18-28-53(39-48)71(50-22-8-3-9-23-50,51-24-10-4-11-25-51)52-26-12-5-13-27-52/h2-32,34-40,42-44,62H,33,41H2,1H3. The summed E-state index contributed by atoms with van der Waals surface area (Å²) in [6.07, 6.45) is 4.71. The van der Waals surface area contributed by atoms with Gasteiger partial charge >= 0.3 is 0 Å². The molecule has 6 heteroatoms. The Morgan fingerprint density at radius 3 is 1.51 bits per heavy atom. The summed E-state index contributed by atoms with van der Waals surface area (Å²) in [4.78, 5) is 19.0. The van der Waals surface area contributed by atoms with Gasteiger partial charge < -0.3 is 4.90 Å². The minimum atomic E-state index is -1.98. The third kappa shape index (κ3) is 6.70. The van der Waals surface area contributed by atoms with E-state index in [-0.39, 0.29) is 0 Å². The zero-order valence-electron chi connectivity index (χ0n) is 39.3. The number of fused-ring (bicyclic) bond motifs is 7. The summed E-state index contributed by atoms with van der Waals surface area (Å²) in [7, 11) is -1.98. The molecule has 1 saturated carbocycles. The summed E-state index contributed by atoms with van der Waals surface area (Å²) in [6, 6.07) is 87.5. The fraction of sp³-hybridized carbons (Fsp3) is 0.0769. The van der Waals surface area contributed by atoms with Gasteiger partial charge in [0.25, 0.3) is 0 Å². The number of para-hydroxylation sites is 2. The monoisotopic (exact) mass is 931 g/mol. The molecule has 3 aromatic heterocycles. The molecule has 12 aromatic rings. The summed E-state index contributed by atoms with van der Waals surface area (Å²) < 4.78 is 4.71. The van der Waals surface area contributed by atoms with Crippen LogP contribution in [0.3, 0.4) is 0 Å². The number of rotatable bonds is 9. The molecule has 0 saturated heterocycles. The number of aromatic nitrogens is 4. The molecule has 0 radical (unpaired) electrons. The first kappa shape index (κ1) is 41.5. The van der Waals surface area contributed by atoms with Gasteiger partial charge in [0.1, 0.15) is 11.6 Å². The highest BCUT2D eigenvalue weighted by Crippen LogP contribution is 2.73. The van der Waals surface area contributed by atoms with Crippen LogP contribution in [0.5, 0.6) is 0 Å². The van der Waals surface area contributed by atoms with Gasteiger partial charge in [0.05, 0.1) is 28.1 Å². The van der Waals surface area contributed by atoms with Crippen LogP contribution >= 0.6 is 10.0 Å². The molecule has 2 aliphatic rings. The maximum absolute atomic E-state index is 5.68. The smallest absolute Gasteiger partial charge is 0.163 e. The van der Waals surface area contributed by atoms with Crippen LogP contribution in [-0.2, 0) is 0 Å². The summed E-state index contributed by atoms with van der Waals surface area (Å²) in [6.45, 7) is 2.36. The molecule has 14 rings (SSSR count). The van der Waals surface area contributed by atoms with Gasteiger partial charge in [0.15, 0.2) is 5.82 Å². The van der Waals surface area contributed by atoms with Gasteiger partial charge in [-0.3, -0.25) is 9.13 Å². The average molecular weight is 932 g/mol. The van der Waals surface area contributed by atoms with Crippen LogP contribution in [0, 0.1) is 0 Å². The van der Waals surface area contributed by atoms with Crippen LogP contribution in [0.2, 0.25) is 0 Å². The summed E-state index contributed by atoms with van der Waals surface area (Å²) >= 11 is 0. The van der Waals surface area contributed by atoms with Gasteiger partial charge in [0.2, 0.25) is 0 Å². The predicted molar refractivity (Wildman–Crippen MR) is 295 cm³/mol. The summed E-state index contributed by atoms with van der Waals surface area (Å²) in [5.74, 6) is 2.28. The molecule has 0 spiro atoms. The maximum atomic E-state index is 5.68. The first-order valence-corrected chi connectivity index (χ1v) is 26.3.